The Balaban J connectivity index is 2.46. The third-order valence-corrected chi connectivity index (χ3v) is 1.95. The molecule has 0 fully saturated rings. The van der Waals surface area contributed by atoms with E-state index in [1.807, 2.05) is 6.92 Å². The summed E-state index contributed by atoms with van der Waals surface area (Å²) in [5.41, 5.74) is 0. The molecule has 1 unspecified atom stereocenters. The molecule has 0 aliphatic rings. The predicted molar refractivity (Wildman–Crippen MR) is 51.7 cm³/mol. The molecule has 1 atom stereocenters. The zero-order chi connectivity index (χ0) is 11.3. The number of nitrogens with zero attached hydrogens (tertiary/aromatic N) is 2. The van der Waals surface area contributed by atoms with Crippen molar-refractivity contribution in [1.29, 1.82) is 0 Å². The number of ether oxygens (including phenoxy) is 1. The van der Waals surface area contributed by atoms with Gasteiger partial charge in [-0.15, -0.1) is 0 Å². The van der Waals surface area contributed by atoms with Crippen LogP contribution in [0.4, 0.5) is 8.78 Å². The average Bonchev–Trinajstić information content (AvgIpc) is 2.63. The van der Waals surface area contributed by atoms with Gasteiger partial charge in [-0.3, -0.25) is 4.57 Å². The maximum absolute atomic E-state index is 12.4. The van der Waals surface area contributed by atoms with Crippen LogP contribution in [0.25, 0.3) is 0 Å². The summed E-state index contributed by atoms with van der Waals surface area (Å²) in [5.74, 6) is 0.243. The summed E-state index contributed by atoms with van der Waals surface area (Å²) >= 11 is 0. The number of hydrogen-bond acceptors (Lipinski definition) is 3. The first-order chi connectivity index (χ1) is 7.15. The Bertz CT molecular complexity index is 291. The van der Waals surface area contributed by atoms with Crippen LogP contribution in [-0.4, -0.2) is 29.2 Å². The lowest BCUT2D eigenvalue weighted by molar-refractivity contribution is 0.0287. The molecule has 0 saturated carbocycles. The largest absolute Gasteiger partial charge is 0.369 e. The van der Waals surface area contributed by atoms with E-state index in [9.17, 15) is 8.78 Å². The molecule has 1 aromatic rings. The Morgan fingerprint density at radius 3 is 2.93 bits per heavy atom. The molecular weight excluding hydrogens is 204 g/mol. The fraction of sp³-hybridized carbons (Fsp3) is 0.667. The average molecular weight is 219 g/mol. The Kier molecular flexibility index (Phi) is 4.64. The molecule has 1 heterocycles. The fourth-order valence-corrected chi connectivity index (χ4v) is 1.20. The van der Waals surface area contributed by atoms with Gasteiger partial charge in [-0.2, -0.15) is 8.78 Å². The van der Waals surface area contributed by atoms with E-state index in [2.05, 4.69) is 10.3 Å². The van der Waals surface area contributed by atoms with E-state index in [4.69, 9.17) is 4.74 Å². The van der Waals surface area contributed by atoms with Gasteiger partial charge in [-0.1, -0.05) is 0 Å². The summed E-state index contributed by atoms with van der Waals surface area (Å²) in [6.07, 6.45) is 2.55. The minimum atomic E-state index is -2.56. The standard InChI is InChI=1S/C9H15F2N3O/c1-7(5-12-2)15-6-8-13-3-4-14(8)9(10)11/h3-4,7,9,12H,5-6H2,1-2H3. The second-order valence-corrected chi connectivity index (χ2v) is 3.21. The van der Waals surface area contributed by atoms with E-state index in [1.54, 1.807) is 7.05 Å². The summed E-state index contributed by atoms with van der Waals surface area (Å²) < 4.78 is 30.9. The minimum absolute atomic E-state index is 0.0298. The molecule has 6 heteroatoms. The van der Waals surface area contributed by atoms with Crippen molar-refractivity contribution in [3.63, 3.8) is 0 Å². The van der Waals surface area contributed by atoms with Crippen molar-refractivity contribution in [2.75, 3.05) is 13.6 Å². The topological polar surface area (TPSA) is 39.1 Å². The van der Waals surface area contributed by atoms with Crippen LogP contribution in [0, 0.1) is 0 Å². The van der Waals surface area contributed by atoms with E-state index in [0.29, 0.717) is 6.54 Å². The van der Waals surface area contributed by atoms with Crippen molar-refractivity contribution < 1.29 is 13.5 Å². The second-order valence-electron chi connectivity index (χ2n) is 3.21. The monoisotopic (exact) mass is 219 g/mol. The van der Waals surface area contributed by atoms with E-state index in [-0.39, 0.29) is 18.5 Å². The van der Waals surface area contributed by atoms with Gasteiger partial charge in [0.15, 0.2) is 0 Å². The number of alkyl halides is 2. The first kappa shape index (κ1) is 12.1. The van der Waals surface area contributed by atoms with Crippen LogP contribution in [-0.2, 0) is 11.3 Å². The third kappa shape index (κ3) is 3.56. The van der Waals surface area contributed by atoms with Gasteiger partial charge in [0.1, 0.15) is 12.4 Å². The molecule has 86 valence electrons. The summed E-state index contributed by atoms with van der Waals surface area (Å²) in [5, 5.41) is 2.93. The molecule has 4 nitrogen and oxygen atoms in total. The highest BCUT2D eigenvalue weighted by molar-refractivity contribution is 4.90. The molecule has 0 radical (unpaired) electrons. The number of nitrogens with one attached hydrogen (secondary N) is 1. The number of aromatic nitrogens is 2. The summed E-state index contributed by atoms with van der Waals surface area (Å²) in [6, 6.07) is 0. The van der Waals surface area contributed by atoms with Gasteiger partial charge in [0.05, 0.1) is 6.10 Å². The number of halogens is 2. The highest BCUT2D eigenvalue weighted by Gasteiger charge is 2.12. The maximum Gasteiger partial charge on any atom is 0.320 e. The fourth-order valence-electron chi connectivity index (χ4n) is 1.20. The van der Waals surface area contributed by atoms with Crippen molar-refractivity contribution >= 4 is 0 Å². The lowest BCUT2D eigenvalue weighted by Crippen LogP contribution is -2.24. The smallest absolute Gasteiger partial charge is 0.320 e. The van der Waals surface area contributed by atoms with Crippen molar-refractivity contribution in [3.05, 3.63) is 18.2 Å². The van der Waals surface area contributed by atoms with Crippen LogP contribution in [0.5, 0.6) is 0 Å². The lowest BCUT2D eigenvalue weighted by atomic mass is 10.4. The maximum atomic E-state index is 12.4. The Labute approximate surface area is 87.3 Å². The zero-order valence-corrected chi connectivity index (χ0v) is 8.78. The molecule has 0 aromatic carbocycles. The summed E-state index contributed by atoms with van der Waals surface area (Å²) in [6.45, 7) is 0.0764. The minimum Gasteiger partial charge on any atom is -0.369 e. The first-order valence-electron chi connectivity index (χ1n) is 4.71. The predicted octanol–water partition coefficient (Wildman–Crippen LogP) is 1.40. The molecule has 0 spiro atoms. The molecule has 0 aliphatic carbocycles. The quantitative estimate of drug-likeness (QED) is 0.786. The number of likely N-dealkylation sites (N-methyl/N-ethyl adjacent to an activating group) is 1. The van der Waals surface area contributed by atoms with Crippen molar-refractivity contribution in [1.82, 2.24) is 14.9 Å². The first-order valence-corrected chi connectivity index (χ1v) is 4.71. The van der Waals surface area contributed by atoms with E-state index in [1.165, 1.54) is 12.4 Å². The molecule has 0 bridgehead atoms. The number of rotatable bonds is 6. The van der Waals surface area contributed by atoms with Crippen LogP contribution in [0.15, 0.2) is 12.4 Å². The van der Waals surface area contributed by atoms with Crippen LogP contribution < -0.4 is 5.32 Å². The van der Waals surface area contributed by atoms with Gasteiger partial charge < -0.3 is 10.1 Å². The molecule has 1 aromatic heterocycles. The Morgan fingerprint density at radius 2 is 2.33 bits per heavy atom. The van der Waals surface area contributed by atoms with Crippen LogP contribution in [0.1, 0.15) is 19.3 Å². The third-order valence-electron chi connectivity index (χ3n) is 1.95. The van der Waals surface area contributed by atoms with E-state index in [0.717, 1.165) is 4.57 Å². The zero-order valence-electron chi connectivity index (χ0n) is 8.78. The van der Waals surface area contributed by atoms with Gasteiger partial charge in [0, 0.05) is 18.9 Å². The Hall–Kier alpha value is -1.01. The van der Waals surface area contributed by atoms with Crippen molar-refractivity contribution in [2.24, 2.45) is 0 Å². The van der Waals surface area contributed by atoms with Gasteiger partial charge >= 0.3 is 6.55 Å². The lowest BCUT2D eigenvalue weighted by Gasteiger charge is -2.12. The molecular formula is C9H15F2N3O. The number of hydrogen-bond donors (Lipinski definition) is 1. The van der Waals surface area contributed by atoms with E-state index >= 15 is 0 Å². The van der Waals surface area contributed by atoms with Crippen molar-refractivity contribution in [2.45, 2.75) is 26.2 Å². The molecule has 0 aliphatic heterocycles. The molecule has 1 rings (SSSR count). The normalized spacial score (nSPS) is 13.4. The highest BCUT2D eigenvalue weighted by Crippen LogP contribution is 2.13. The highest BCUT2D eigenvalue weighted by atomic mass is 19.3. The van der Waals surface area contributed by atoms with E-state index < -0.39 is 6.55 Å². The summed E-state index contributed by atoms with van der Waals surface area (Å²) in [4.78, 5) is 3.81. The number of imidazole rings is 1. The van der Waals surface area contributed by atoms with Crippen molar-refractivity contribution in [3.8, 4) is 0 Å². The van der Waals surface area contributed by atoms with Gasteiger partial charge in [0.2, 0.25) is 0 Å². The molecule has 1 N–H and O–H groups in total. The molecule has 0 amide bonds. The van der Waals surface area contributed by atoms with Crippen LogP contribution in [0.3, 0.4) is 0 Å². The SMILES string of the molecule is CNCC(C)OCc1nccn1C(F)F. The van der Waals surface area contributed by atoms with Gasteiger partial charge in [0.25, 0.3) is 0 Å². The second kappa shape index (κ2) is 5.77. The van der Waals surface area contributed by atoms with Gasteiger partial charge in [-0.05, 0) is 14.0 Å². The molecule has 15 heavy (non-hydrogen) atoms. The van der Waals surface area contributed by atoms with Gasteiger partial charge in [-0.25, -0.2) is 4.98 Å². The van der Waals surface area contributed by atoms with Crippen LogP contribution >= 0.6 is 0 Å². The molecule has 0 saturated heterocycles. The summed E-state index contributed by atoms with van der Waals surface area (Å²) in [7, 11) is 1.81. The van der Waals surface area contributed by atoms with Crippen LogP contribution in [0.2, 0.25) is 0 Å². The Morgan fingerprint density at radius 1 is 1.60 bits per heavy atom.